The van der Waals surface area contributed by atoms with Crippen molar-refractivity contribution in [2.75, 3.05) is 5.32 Å². The molecule has 0 fully saturated rings. The Kier molecular flexibility index (Phi) is 4.39. The maximum atomic E-state index is 12.4. The molecule has 27 heavy (non-hydrogen) atoms. The van der Waals surface area contributed by atoms with Gasteiger partial charge in [0.15, 0.2) is 11.8 Å². The number of esters is 1. The highest BCUT2D eigenvalue weighted by Gasteiger charge is 2.22. The van der Waals surface area contributed by atoms with Gasteiger partial charge in [-0.15, -0.1) is 0 Å². The number of nitrogens with one attached hydrogen (secondary N) is 1. The average Bonchev–Trinajstić information content (AvgIpc) is 3.28. The maximum Gasteiger partial charge on any atom is 0.359 e. The molecule has 1 atom stereocenters. The molecule has 0 saturated carbocycles. The van der Waals surface area contributed by atoms with Crippen molar-refractivity contribution in [1.82, 2.24) is 9.38 Å². The summed E-state index contributed by atoms with van der Waals surface area (Å²) in [6.07, 6.45) is 3.99. The molecule has 138 valence electrons. The summed E-state index contributed by atoms with van der Waals surface area (Å²) in [5.41, 5.74) is 5.15. The quantitative estimate of drug-likeness (QED) is 0.722. The Morgan fingerprint density at radius 1 is 1.19 bits per heavy atom. The van der Waals surface area contributed by atoms with Crippen LogP contribution in [0.5, 0.6) is 0 Å². The molecule has 0 radical (unpaired) electrons. The molecular weight excluding hydrogens is 342 g/mol. The number of imidazole rings is 1. The molecule has 0 aliphatic heterocycles. The molecule has 1 amide bonds. The molecule has 3 aromatic rings. The van der Waals surface area contributed by atoms with E-state index in [1.54, 1.807) is 13.1 Å². The van der Waals surface area contributed by atoms with E-state index >= 15 is 0 Å². The SMILES string of the molecule is Cc1cccc2nc(C(=O)O[C@H](C)C(=O)Nc3ccc4c(c3)CCC4)cn12. The fourth-order valence-corrected chi connectivity index (χ4v) is 3.41. The lowest BCUT2D eigenvalue weighted by Gasteiger charge is -2.13. The van der Waals surface area contributed by atoms with Crippen LogP contribution in [-0.2, 0) is 22.4 Å². The molecular formula is C21H21N3O3. The number of aryl methyl sites for hydroxylation is 3. The molecule has 6 heteroatoms. The van der Waals surface area contributed by atoms with Gasteiger partial charge in [-0.2, -0.15) is 0 Å². The van der Waals surface area contributed by atoms with E-state index in [2.05, 4.69) is 10.3 Å². The Labute approximate surface area is 157 Å². The minimum absolute atomic E-state index is 0.182. The first-order valence-electron chi connectivity index (χ1n) is 9.09. The van der Waals surface area contributed by atoms with Gasteiger partial charge in [0.1, 0.15) is 5.65 Å². The molecule has 0 bridgehead atoms. The van der Waals surface area contributed by atoms with Gasteiger partial charge < -0.3 is 14.5 Å². The van der Waals surface area contributed by atoms with Crippen molar-refractivity contribution in [2.24, 2.45) is 0 Å². The number of nitrogens with zero attached hydrogens (tertiary/aromatic N) is 2. The highest BCUT2D eigenvalue weighted by atomic mass is 16.5. The summed E-state index contributed by atoms with van der Waals surface area (Å²) < 4.78 is 7.12. The normalized spacial score (nSPS) is 14.0. The molecule has 0 saturated heterocycles. The molecule has 6 nitrogen and oxygen atoms in total. The second kappa shape index (κ2) is 6.87. The molecule has 1 aliphatic carbocycles. The summed E-state index contributed by atoms with van der Waals surface area (Å²) in [6.45, 7) is 3.48. The standard InChI is InChI=1S/C21H21N3O3/c1-13-5-3-8-19-23-18(12-24(13)19)21(26)27-14(2)20(25)22-17-10-9-15-6-4-7-16(15)11-17/h3,5,8-12,14H,4,6-7H2,1-2H3,(H,22,25)/t14-/m1/s1. The third kappa shape index (κ3) is 3.43. The maximum absolute atomic E-state index is 12.4. The smallest absolute Gasteiger partial charge is 0.359 e. The zero-order valence-electron chi connectivity index (χ0n) is 15.4. The van der Waals surface area contributed by atoms with Crippen molar-refractivity contribution < 1.29 is 14.3 Å². The van der Waals surface area contributed by atoms with Gasteiger partial charge in [-0.05, 0) is 68.5 Å². The molecule has 1 aromatic carbocycles. The number of hydrogen-bond acceptors (Lipinski definition) is 4. The number of fused-ring (bicyclic) bond motifs is 2. The molecule has 2 heterocycles. The Morgan fingerprint density at radius 3 is 2.81 bits per heavy atom. The molecule has 1 N–H and O–H groups in total. The first kappa shape index (κ1) is 17.3. The number of anilines is 1. The van der Waals surface area contributed by atoms with Crippen LogP contribution in [0.3, 0.4) is 0 Å². The zero-order valence-corrected chi connectivity index (χ0v) is 15.4. The number of benzene rings is 1. The van der Waals surface area contributed by atoms with E-state index in [0.29, 0.717) is 5.65 Å². The van der Waals surface area contributed by atoms with Crippen molar-refractivity contribution in [1.29, 1.82) is 0 Å². The van der Waals surface area contributed by atoms with Gasteiger partial charge in [0.05, 0.1) is 0 Å². The number of aromatic nitrogens is 2. The van der Waals surface area contributed by atoms with Gasteiger partial charge in [-0.1, -0.05) is 12.1 Å². The Hall–Kier alpha value is -3.15. The number of ether oxygens (including phenoxy) is 1. The van der Waals surface area contributed by atoms with Crippen LogP contribution >= 0.6 is 0 Å². The summed E-state index contributed by atoms with van der Waals surface area (Å²) in [5, 5.41) is 2.82. The van der Waals surface area contributed by atoms with E-state index in [0.717, 1.165) is 30.6 Å². The van der Waals surface area contributed by atoms with Crippen molar-refractivity contribution in [2.45, 2.75) is 39.2 Å². The molecule has 4 rings (SSSR count). The number of carbonyl (C=O) groups is 2. The Morgan fingerprint density at radius 2 is 2.00 bits per heavy atom. The van der Waals surface area contributed by atoms with Gasteiger partial charge in [-0.3, -0.25) is 4.79 Å². The van der Waals surface area contributed by atoms with Gasteiger partial charge >= 0.3 is 5.97 Å². The van der Waals surface area contributed by atoms with E-state index in [9.17, 15) is 9.59 Å². The minimum atomic E-state index is -0.920. The first-order valence-corrected chi connectivity index (χ1v) is 9.09. The van der Waals surface area contributed by atoms with Crippen LogP contribution in [0.4, 0.5) is 5.69 Å². The topological polar surface area (TPSA) is 72.7 Å². The summed E-state index contributed by atoms with van der Waals surface area (Å²) >= 11 is 0. The highest BCUT2D eigenvalue weighted by molar-refractivity contribution is 5.97. The van der Waals surface area contributed by atoms with Crippen molar-refractivity contribution in [3.8, 4) is 0 Å². The fraction of sp³-hybridized carbons (Fsp3) is 0.286. The minimum Gasteiger partial charge on any atom is -0.448 e. The second-order valence-electron chi connectivity index (χ2n) is 6.90. The highest BCUT2D eigenvalue weighted by Crippen LogP contribution is 2.25. The van der Waals surface area contributed by atoms with Crippen LogP contribution in [0.15, 0.2) is 42.6 Å². The molecule has 1 aliphatic rings. The summed E-state index contributed by atoms with van der Waals surface area (Å²) in [7, 11) is 0. The number of carbonyl (C=O) groups excluding carboxylic acids is 2. The lowest BCUT2D eigenvalue weighted by molar-refractivity contribution is -0.123. The van der Waals surface area contributed by atoms with Gasteiger partial charge in [0.25, 0.3) is 5.91 Å². The Balaban J connectivity index is 1.42. The molecule has 0 spiro atoms. The van der Waals surface area contributed by atoms with Crippen molar-refractivity contribution in [3.63, 3.8) is 0 Å². The van der Waals surface area contributed by atoms with E-state index in [4.69, 9.17) is 4.74 Å². The van der Waals surface area contributed by atoms with Gasteiger partial charge in [-0.25, -0.2) is 9.78 Å². The second-order valence-corrected chi connectivity index (χ2v) is 6.90. The lowest BCUT2D eigenvalue weighted by Crippen LogP contribution is -2.30. The molecule has 0 unspecified atom stereocenters. The summed E-state index contributed by atoms with van der Waals surface area (Å²) in [4.78, 5) is 29.0. The number of rotatable bonds is 4. The van der Waals surface area contributed by atoms with Crippen LogP contribution in [0.2, 0.25) is 0 Å². The average molecular weight is 363 g/mol. The van der Waals surface area contributed by atoms with E-state index in [1.165, 1.54) is 11.1 Å². The van der Waals surface area contributed by atoms with E-state index in [-0.39, 0.29) is 11.6 Å². The number of hydrogen-bond donors (Lipinski definition) is 1. The van der Waals surface area contributed by atoms with Crippen LogP contribution < -0.4 is 5.32 Å². The van der Waals surface area contributed by atoms with Crippen LogP contribution in [0, 0.1) is 6.92 Å². The largest absolute Gasteiger partial charge is 0.448 e. The first-order chi connectivity index (χ1) is 13.0. The van der Waals surface area contributed by atoms with E-state index in [1.807, 2.05) is 47.7 Å². The third-order valence-corrected chi connectivity index (χ3v) is 4.92. The zero-order chi connectivity index (χ0) is 19.0. The predicted molar refractivity (Wildman–Crippen MR) is 102 cm³/mol. The lowest BCUT2D eigenvalue weighted by atomic mass is 10.1. The van der Waals surface area contributed by atoms with Crippen LogP contribution in [-0.4, -0.2) is 27.4 Å². The monoisotopic (exact) mass is 363 g/mol. The van der Waals surface area contributed by atoms with E-state index < -0.39 is 12.1 Å². The third-order valence-electron chi connectivity index (χ3n) is 4.92. The number of pyridine rings is 1. The number of amides is 1. The summed E-state index contributed by atoms with van der Waals surface area (Å²) in [5.74, 6) is -0.976. The van der Waals surface area contributed by atoms with Gasteiger partial charge in [0, 0.05) is 17.6 Å². The Bertz CT molecular complexity index is 1040. The fourth-order valence-electron chi connectivity index (χ4n) is 3.41. The van der Waals surface area contributed by atoms with Crippen LogP contribution in [0.25, 0.3) is 5.65 Å². The summed E-state index contributed by atoms with van der Waals surface area (Å²) in [6, 6.07) is 11.6. The van der Waals surface area contributed by atoms with Crippen LogP contribution in [0.1, 0.15) is 40.7 Å². The van der Waals surface area contributed by atoms with Crippen molar-refractivity contribution in [3.05, 3.63) is 65.1 Å². The van der Waals surface area contributed by atoms with Gasteiger partial charge in [0.2, 0.25) is 0 Å². The predicted octanol–water partition coefficient (Wildman–Crippen LogP) is 3.32. The molecule has 2 aromatic heterocycles. The van der Waals surface area contributed by atoms with Crippen molar-refractivity contribution >= 4 is 23.2 Å².